The zero-order valence-electron chi connectivity index (χ0n) is 12.4. The Labute approximate surface area is 125 Å². The Hall–Kier alpha value is -1.59. The van der Waals surface area contributed by atoms with Crippen LogP contribution in [-0.2, 0) is 4.79 Å². The van der Waals surface area contributed by atoms with Gasteiger partial charge in [0.05, 0.1) is 6.10 Å². The Balaban J connectivity index is 1.79. The number of piperidine rings is 1. The molecule has 2 aliphatic heterocycles. The number of anilines is 2. The van der Waals surface area contributed by atoms with Gasteiger partial charge >= 0.3 is 0 Å². The van der Waals surface area contributed by atoms with Crippen LogP contribution in [0.2, 0.25) is 0 Å². The van der Waals surface area contributed by atoms with Gasteiger partial charge in [-0.1, -0.05) is 13.0 Å². The van der Waals surface area contributed by atoms with Crippen LogP contribution < -0.4 is 15.5 Å². The molecule has 0 radical (unpaired) electrons. The van der Waals surface area contributed by atoms with Gasteiger partial charge < -0.3 is 20.6 Å². The number of fused-ring (bicyclic) bond motifs is 1. The van der Waals surface area contributed by atoms with Crippen LogP contribution in [0.5, 0.6) is 0 Å². The maximum atomic E-state index is 12.0. The SMILES string of the molecule is CCCNC1C(=O)Nc2cc(N3CCCC(O)C3)ccc21. The third-order valence-corrected chi connectivity index (χ3v) is 4.23. The summed E-state index contributed by atoms with van der Waals surface area (Å²) < 4.78 is 0. The number of aliphatic hydroxyl groups excluding tert-OH is 1. The molecule has 3 N–H and O–H groups in total. The molecule has 2 unspecified atom stereocenters. The molecule has 1 aromatic carbocycles. The van der Waals surface area contributed by atoms with E-state index in [9.17, 15) is 9.90 Å². The maximum absolute atomic E-state index is 12.0. The monoisotopic (exact) mass is 289 g/mol. The van der Waals surface area contributed by atoms with Crippen molar-refractivity contribution in [1.82, 2.24) is 5.32 Å². The van der Waals surface area contributed by atoms with Crippen molar-refractivity contribution in [3.8, 4) is 0 Å². The number of amides is 1. The number of nitrogens with one attached hydrogen (secondary N) is 2. The van der Waals surface area contributed by atoms with Crippen LogP contribution >= 0.6 is 0 Å². The van der Waals surface area contributed by atoms with E-state index in [-0.39, 0.29) is 18.1 Å². The minimum atomic E-state index is -0.249. The Bertz CT molecular complexity index is 532. The van der Waals surface area contributed by atoms with E-state index in [1.54, 1.807) is 0 Å². The van der Waals surface area contributed by atoms with E-state index < -0.39 is 0 Å². The Kier molecular flexibility index (Phi) is 4.12. The van der Waals surface area contributed by atoms with E-state index in [4.69, 9.17) is 0 Å². The van der Waals surface area contributed by atoms with Crippen LogP contribution in [0.4, 0.5) is 11.4 Å². The van der Waals surface area contributed by atoms with Gasteiger partial charge in [0, 0.05) is 30.0 Å². The second-order valence-corrected chi connectivity index (χ2v) is 5.89. The number of carbonyl (C=O) groups excluding carboxylic acids is 1. The van der Waals surface area contributed by atoms with Crippen molar-refractivity contribution in [2.45, 2.75) is 38.3 Å². The zero-order valence-corrected chi connectivity index (χ0v) is 12.4. The molecule has 114 valence electrons. The highest BCUT2D eigenvalue weighted by Gasteiger charge is 2.30. The number of β-amino-alcohol motifs (C(OH)–C–C–N with tert-alkyl or cyclic N) is 1. The molecule has 0 aliphatic carbocycles. The molecular formula is C16H23N3O2. The number of nitrogens with zero attached hydrogens (tertiary/aromatic N) is 1. The van der Waals surface area contributed by atoms with Gasteiger partial charge in [0.25, 0.3) is 0 Å². The first-order chi connectivity index (χ1) is 10.2. The molecule has 1 aromatic rings. The molecule has 0 spiro atoms. The number of benzene rings is 1. The van der Waals surface area contributed by atoms with E-state index in [2.05, 4.69) is 28.5 Å². The van der Waals surface area contributed by atoms with E-state index >= 15 is 0 Å². The van der Waals surface area contributed by atoms with Gasteiger partial charge in [-0.2, -0.15) is 0 Å². The summed E-state index contributed by atoms with van der Waals surface area (Å²) in [4.78, 5) is 14.2. The minimum Gasteiger partial charge on any atom is -0.391 e. The van der Waals surface area contributed by atoms with Crippen molar-refractivity contribution >= 4 is 17.3 Å². The molecule has 0 saturated carbocycles. The Morgan fingerprint density at radius 3 is 3.10 bits per heavy atom. The predicted octanol–water partition coefficient (Wildman–Crippen LogP) is 1.64. The van der Waals surface area contributed by atoms with Crippen molar-refractivity contribution < 1.29 is 9.90 Å². The zero-order chi connectivity index (χ0) is 14.8. The topological polar surface area (TPSA) is 64.6 Å². The van der Waals surface area contributed by atoms with E-state index in [0.29, 0.717) is 6.54 Å². The van der Waals surface area contributed by atoms with Gasteiger partial charge in [-0.3, -0.25) is 4.79 Å². The molecule has 5 nitrogen and oxygen atoms in total. The number of aliphatic hydroxyl groups is 1. The third kappa shape index (κ3) is 2.89. The molecule has 3 rings (SSSR count). The Morgan fingerprint density at radius 1 is 1.48 bits per heavy atom. The smallest absolute Gasteiger partial charge is 0.246 e. The van der Waals surface area contributed by atoms with E-state index in [1.807, 2.05) is 12.1 Å². The summed E-state index contributed by atoms with van der Waals surface area (Å²) in [5.74, 6) is 0.0225. The highest BCUT2D eigenvalue weighted by Crippen LogP contribution is 2.34. The van der Waals surface area contributed by atoms with Crippen LogP contribution in [0.1, 0.15) is 37.8 Å². The average molecular weight is 289 g/mol. The summed E-state index contributed by atoms with van der Waals surface area (Å²) in [6.45, 7) is 4.55. The largest absolute Gasteiger partial charge is 0.391 e. The van der Waals surface area contributed by atoms with Crippen LogP contribution in [0.15, 0.2) is 18.2 Å². The number of hydrogen-bond donors (Lipinski definition) is 3. The third-order valence-electron chi connectivity index (χ3n) is 4.23. The lowest BCUT2D eigenvalue weighted by Gasteiger charge is -2.32. The number of rotatable bonds is 4. The molecule has 2 heterocycles. The van der Waals surface area contributed by atoms with Gasteiger partial charge in [0.15, 0.2) is 0 Å². The quantitative estimate of drug-likeness (QED) is 0.788. The highest BCUT2D eigenvalue weighted by molar-refractivity contribution is 6.03. The van der Waals surface area contributed by atoms with Gasteiger partial charge in [-0.25, -0.2) is 0 Å². The van der Waals surface area contributed by atoms with Crippen molar-refractivity contribution in [3.05, 3.63) is 23.8 Å². The van der Waals surface area contributed by atoms with E-state index in [0.717, 1.165) is 49.3 Å². The van der Waals surface area contributed by atoms with Gasteiger partial charge in [0.2, 0.25) is 5.91 Å². The van der Waals surface area contributed by atoms with Gasteiger partial charge in [-0.15, -0.1) is 0 Å². The lowest BCUT2D eigenvalue weighted by Crippen LogP contribution is -2.38. The minimum absolute atomic E-state index is 0.0225. The van der Waals surface area contributed by atoms with Crippen molar-refractivity contribution in [1.29, 1.82) is 0 Å². The summed E-state index contributed by atoms with van der Waals surface area (Å²) in [6, 6.07) is 5.87. The fraction of sp³-hybridized carbons (Fsp3) is 0.562. The fourth-order valence-corrected chi connectivity index (χ4v) is 3.13. The lowest BCUT2D eigenvalue weighted by molar-refractivity contribution is -0.117. The number of hydrogen-bond acceptors (Lipinski definition) is 4. The molecule has 2 atom stereocenters. The number of carbonyl (C=O) groups is 1. The summed E-state index contributed by atoms with van der Waals surface area (Å²) in [7, 11) is 0. The molecule has 1 fully saturated rings. The van der Waals surface area contributed by atoms with Crippen LogP contribution in [0, 0.1) is 0 Å². The van der Waals surface area contributed by atoms with Crippen LogP contribution in [0.25, 0.3) is 0 Å². The first-order valence-electron chi connectivity index (χ1n) is 7.80. The van der Waals surface area contributed by atoms with Crippen molar-refractivity contribution in [3.63, 3.8) is 0 Å². The average Bonchev–Trinajstić information content (AvgIpc) is 2.79. The Morgan fingerprint density at radius 2 is 2.33 bits per heavy atom. The highest BCUT2D eigenvalue weighted by atomic mass is 16.3. The molecule has 0 bridgehead atoms. The molecule has 1 amide bonds. The fourth-order valence-electron chi connectivity index (χ4n) is 3.13. The van der Waals surface area contributed by atoms with E-state index in [1.165, 1.54) is 0 Å². The van der Waals surface area contributed by atoms with Crippen LogP contribution in [-0.4, -0.2) is 36.8 Å². The summed E-state index contributed by atoms with van der Waals surface area (Å²) >= 11 is 0. The van der Waals surface area contributed by atoms with Gasteiger partial charge in [0.1, 0.15) is 6.04 Å². The maximum Gasteiger partial charge on any atom is 0.246 e. The molecular weight excluding hydrogens is 266 g/mol. The summed E-state index contributed by atoms with van der Waals surface area (Å²) in [6.07, 6.45) is 2.63. The first-order valence-corrected chi connectivity index (χ1v) is 7.80. The second kappa shape index (κ2) is 6.03. The standard InChI is InChI=1S/C16H23N3O2/c1-2-7-17-15-13-6-5-11(9-14(13)18-16(15)21)19-8-3-4-12(20)10-19/h5-6,9,12,15,17,20H,2-4,7-8,10H2,1H3,(H,18,21). The lowest BCUT2D eigenvalue weighted by atomic mass is 10.0. The molecule has 0 aromatic heterocycles. The predicted molar refractivity (Wildman–Crippen MR) is 83.6 cm³/mol. The molecule has 2 aliphatic rings. The first kappa shape index (κ1) is 14.4. The van der Waals surface area contributed by atoms with Crippen LogP contribution in [0.3, 0.4) is 0 Å². The summed E-state index contributed by atoms with van der Waals surface area (Å²) in [5.41, 5.74) is 2.99. The van der Waals surface area contributed by atoms with Crippen molar-refractivity contribution in [2.24, 2.45) is 0 Å². The molecule has 21 heavy (non-hydrogen) atoms. The second-order valence-electron chi connectivity index (χ2n) is 5.89. The molecule has 5 heteroatoms. The normalized spacial score (nSPS) is 24.9. The van der Waals surface area contributed by atoms with Crippen molar-refractivity contribution in [2.75, 3.05) is 29.9 Å². The van der Waals surface area contributed by atoms with Gasteiger partial charge in [-0.05, 0) is 37.9 Å². The summed E-state index contributed by atoms with van der Waals surface area (Å²) in [5, 5.41) is 16.0. The molecule has 1 saturated heterocycles.